The van der Waals surface area contributed by atoms with Crippen molar-refractivity contribution in [3.05, 3.63) is 29.3 Å². The standard InChI is InChI=1S/C15H23NO3S/c1-12-13(11-17)7-6-8-14(12)20(18,19)16-15(2)9-4-3-5-10-15/h6-8,16-17H,3-5,9-11H2,1-2H3. The van der Waals surface area contributed by atoms with Gasteiger partial charge >= 0.3 is 0 Å². The minimum Gasteiger partial charge on any atom is -0.392 e. The van der Waals surface area contributed by atoms with Crippen molar-refractivity contribution in [3.8, 4) is 0 Å². The van der Waals surface area contributed by atoms with Crippen molar-refractivity contribution in [2.24, 2.45) is 0 Å². The van der Waals surface area contributed by atoms with Gasteiger partial charge in [-0.05, 0) is 43.9 Å². The zero-order valence-corrected chi connectivity index (χ0v) is 13.0. The molecular formula is C15H23NO3S. The summed E-state index contributed by atoms with van der Waals surface area (Å²) in [6, 6.07) is 5.02. The van der Waals surface area contributed by atoms with Gasteiger partial charge in [-0.2, -0.15) is 0 Å². The Bertz CT molecular complexity index is 575. The molecule has 0 aromatic heterocycles. The van der Waals surface area contributed by atoms with E-state index in [2.05, 4.69) is 4.72 Å². The zero-order valence-electron chi connectivity index (χ0n) is 12.1. The number of hydrogen-bond donors (Lipinski definition) is 2. The van der Waals surface area contributed by atoms with E-state index in [9.17, 15) is 13.5 Å². The Hall–Kier alpha value is -0.910. The molecule has 1 aromatic rings. The molecule has 0 bridgehead atoms. The van der Waals surface area contributed by atoms with E-state index >= 15 is 0 Å². The molecule has 1 saturated carbocycles. The molecule has 4 nitrogen and oxygen atoms in total. The first-order chi connectivity index (χ1) is 9.38. The monoisotopic (exact) mass is 297 g/mol. The third-order valence-corrected chi connectivity index (χ3v) is 5.98. The van der Waals surface area contributed by atoms with Crippen LogP contribution >= 0.6 is 0 Å². The molecule has 0 unspecified atom stereocenters. The SMILES string of the molecule is Cc1c(CO)cccc1S(=O)(=O)NC1(C)CCCCC1. The minimum atomic E-state index is -3.54. The van der Waals surface area contributed by atoms with Crippen molar-refractivity contribution in [1.29, 1.82) is 0 Å². The van der Waals surface area contributed by atoms with Crippen LogP contribution in [0.5, 0.6) is 0 Å². The summed E-state index contributed by atoms with van der Waals surface area (Å²) in [6.45, 7) is 3.57. The average molecular weight is 297 g/mol. The number of sulfonamides is 1. The second-order valence-electron chi connectivity index (χ2n) is 5.93. The summed E-state index contributed by atoms with van der Waals surface area (Å²) in [7, 11) is -3.54. The Morgan fingerprint density at radius 1 is 1.25 bits per heavy atom. The van der Waals surface area contributed by atoms with Crippen molar-refractivity contribution in [2.45, 2.75) is 63.0 Å². The van der Waals surface area contributed by atoms with Gasteiger partial charge in [0.2, 0.25) is 10.0 Å². The van der Waals surface area contributed by atoms with Gasteiger partial charge in [-0.1, -0.05) is 31.4 Å². The summed E-state index contributed by atoms with van der Waals surface area (Å²) in [5.41, 5.74) is 0.933. The van der Waals surface area contributed by atoms with Gasteiger partial charge in [-0.3, -0.25) is 0 Å². The van der Waals surface area contributed by atoms with Crippen LogP contribution in [0.25, 0.3) is 0 Å². The van der Waals surface area contributed by atoms with Crippen molar-refractivity contribution in [2.75, 3.05) is 0 Å². The molecule has 20 heavy (non-hydrogen) atoms. The first kappa shape index (κ1) is 15.5. The molecule has 0 aliphatic heterocycles. The van der Waals surface area contributed by atoms with E-state index in [-0.39, 0.29) is 17.0 Å². The zero-order chi connectivity index (χ0) is 14.8. The number of nitrogens with one attached hydrogen (secondary N) is 1. The molecule has 2 rings (SSSR count). The van der Waals surface area contributed by atoms with Crippen LogP contribution in [0.15, 0.2) is 23.1 Å². The summed E-state index contributed by atoms with van der Waals surface area (Å²) >= 11 is 0. The van der Waals surface area contributed by atoms with E-state index in [4.69, 9.17) is 0 Å². The van der Waals surface area contributed by atoms with Crippen LogP contribution < -0.4 is 4.72 Å². The lowest BCUT2D eigenvalue weighted by Crippen LogP contribution is -2.47. The maximum atomic E-state index is 12.6. The van der Waals surface area contributed by atoms with Crippen LogP contribution in [0, 0.1) is 6.92 Å². The molecule has 0 heterocycles. The lowest BCUT2D eigenvalue weighted by molar-refractivity contribution is 0.280. The van der Waals surface area contributed by atoms with Gasteiger partial charge in [0.15, 0.2) is 0 Å². The smallest absolute Gasteiger partial charge is 0.241 e. The van der Waals surface area contributed by atoms with Crippen molar-refractivity contribution in [1.82, 2.24) is 4.72 Å². The second kappa shape index (κ2) is 5.84. The Morgan fingerprint density at radius 2 is 1.90 bits per heavy atom. The fourth-order valence-corrected chi connectivity index (χ4v) is 4.69. The predicted molar refractivity (Wildman–Crippen MR) is 78.9 cm³/mol. The van der Waals surface area contributed by atoms with Crippen molar-refractivity contribution < 1.29 is 13.5 Å². The van der Waals surface area contributed by atoms with Crippen LogP contribution in [0.4, 0.5) is 0 Å². The lowest BCUT2D eigenvalue weighted by atomic mass is 9.84. The highest BCUT2D eigenvalue weighted by Gasteiger charge is 2.32. The quantitative estimate of drug-likeness (QED) is 0.897. The molecular weight excluding hydrogens is 274 g/mol. The summed E-state index contributed by atoms with van der Waals surface area (Å²) in [4.78, 5) is 0.274. The van der Waals surface area contributed by atoms with Crippen LogP contribution in [-0.4, -0.2) is 19.1 Å². The van der Waals surface area contributed by atoms with E-state index in [1.54, 1.807) is 25.1 Å². The van der Waals surface area contributed by atoms with E-state index in [0.717, 1.165) is 25.7 Å². The largest absolute Gasteiger partial charge is 0.392 e. The van der Waals surface area contributed by atoms with Gasteiger partial charge < -0.3 is 5.11 Å². The highest BCUT2D eigenvalue weighted by atomic mass is 32.2. The number of aliphatic hydroxyl groups is 1. The molecule has 2 N–H and O–H groups in total. The molecule has 5 heteroatoms. The van der Waals surface area contributed by atoms with Gasteiger partial charge in [0.05, 0.1) is 11.5 Å². The van der Waals surface area contributed by atoms with Gasteiger partial charge in [-0.15, -0.1) is 0 Å². The predicted octanol–water partition coefficient (Wildman–Crippen LogP) is 2.49. The minimum absolute atomic E-state index is 0.146. The molecule has 0 amide bonds. The maximum Gasteiger partial charge on any atom is 0.241 e. The number of rotatable bonds is 4. The molecule has 0 radical (unpaired) electrons. The number of benzene rings is 1. The topological polar surface area (TPSA) is 66.4 Å². The molecule has 112 valence electrons. The van der Waals surface area contributed by atoms with E-state index in [1.807, 2.05) is 6.92 Å². The van der Waals surface area contributed by atoms with Crippen LogP contribution in [0.3, 0.4) is 0 Å². The summed E-state index contributed by atoms with van der Waals surface area (Å²) in [5.74, 6) is 0. The van der Waals surface area contributed by atoms with E-state index < -0.39 is 10.0 Å². The molecule has 0 saturated heterocycles. The molecule has 1 aliphatic rings. The molecule has 1 aliphatic carbocycles. The second-order valence-corrected chi connectivity index (χ2v) is 7.58. The van der Waals surface area contributed by atoms with Gasteiger partial charge in [0, 0.05) is 5.54 Å². The van der Waals surface area contributed by atoms with E-state index in [0.29, 0.717) is 11.1 Å². The van der Waals surface area contributed by atoms with Crippen LogP contribution in [0.1, 0.15) is 50.2 Å². The Labute approximate surface area is 121 Å². The van der Waals surface area contributed by atoms with Gasteiger partial charge in [0.25, 0.3) is 0 Å². The first-order valence-electron chi connectivity index (χ1n) is 7.11. The highest BCUT2D eigenvalue weighted by Crippen LogP contribution is 2.30. The molecule has 1 fully saturated rings. The van der Waals surface area contributed by atoms with Crippen molar-refractivity contribution in [3.63, 3.8) is 0 Å². The Balaban J connectivity index is 2.31. The number of hydrogen-bond acceptors (Lipinski definition) is 3. The number of aliphatic hydroxyl groups excluding tert-OH is 1. The van der Waals surface area contributed by atoms with Crippen LogP contribution in [-0.2, 0) is 16.6 Å². The van der Waals surface area contributed by atoms with Gasteiger partial charge in [-0.25, -0.2) is 13.1 Å². The Kier molecular flexibility index (Phi) is 4.52. The summed E-state index contributed by atoms with van der Waals surface area (Å²) in [5, 5.41) is 9.27. The third-order valence-electron chi connectivity index (χ3n) is 4.19. The highest BCUT2D eigenvalue weighted by molar-refractivity contribution is 7.89. The first-order valence-corrected chi connectivity index (χ1v) is 8.60. The third kappa shape index (κ3) is 3.22. The van der Waals surface area contributed by atoms with E-state index in [1.165, 1.54) is 6.42 Å². The summed E-state index contributed by atoms with van der Waals surface area (Å²) in [6.07, 6.45) is 5.07. The lowest BCUT2D eigenvalue weighted by Gasteiger charge is -2.34. The Morgan fingerprint density at radius 3 is 2.50 bits per heavy atom. The molecule has 0 atom stereocenters. The normalized spacial score (nSPS) is 18.9. The average Bonchev–Trinajstić information content (AvgIpc) is 2.38. The fraction of sp³-hybridized carbons (Fsp3) is 0.600. The van der Waals surface area contributed by atoms with Crippen LogP contribution in [0.2, 0.25) is 0 Å². The van der Waals surface area contributed by atoms with Crippen molar-refractivity contribution >= 4 is 10.0 Å². The fourth-order valence-electron chi connectivity index (χ4n) is 2.94. The van der Waals surface area contributed by atoms with Gasteiger partial charge in [0.1, 0.15) is 0 Å². The maximum absolute atomic E-state index is 12.6. The molecule has 0 spiro atoms. The molecule has 1 aromatic carbocycles. The summed E-state index contributed by atoms with van der Waals surface area (Å²) < 4.78 is 28.1.